The molecule has 0 spiro atoms. The lowest BCUT2D eigenvalue weighted by molar-refractivity contribution is 0.194. The maximum atomic E-state index is 4.93. The predicted octanol–water partition coefficient (Wildman–Crippen LogP) is 1.36. The molecule has 0 bridgehead atoms. The van der Waals surface area contributed by atoms with E-state index in [4.69, 9.17) is 4.74 Å². The van der Waals surface area contributed by atoms with E-state index in [2.05, 4.69) is 18.5 Å². The fourth-order valence-electron chi connectivity index (χ4n) is 0.730. The van der Waals surface area contributed by atoms with Gasteiger partial charge in [0, 0.05) is 25.5 Å². The highest BCUT2D eigenvalue weighted by Crippen LogP contribution is 2.01. The normalized spacial score (nSPS) is 13.4. The Kier molecular flexibility index (Phi) is 8.57. The quantitative estimate of drug-likeness (QED) is 0.593. The zero-order valence-corrected chi connectivity index (χ0v) is 8.54. The van der Waals surface area contributed by atoms with E-state index >= 15 is 0 Å². The van der Waals surface area contributed by atoms with Crippen molar-refractivity contribution in [1.29, 1.82) is 0 Å². The number of thioether (sulfide) groups is 1. The van der Waals surface area contributed by atoms with Crippen molar-refractivity contribution in [2.75, 3.05) is 33.1 Å². The summed E-state index contributed by atoms with van der Waals surface area (Å²) in [6, 6.07) is 0. The molecule has 0 heterocycles. The van der Waals surface area contributed by atoms with Crippen LogP contribution in [0.5, 0.6) is 0 Å². The van der Waals surface area contributed by atoms with Gasteiger partial charge in [0.05, 0.1) is 0 Å². The van der Waals surface area contributed by atoms with Gasteiger partial charge in [0.1, 0.15) is 0 Å². The lowest BCUT2D eigenvalue weighted by Crippen LogP contribution is -2.24. The number of nitrogens with one attached hydrogen (secondary N) is 1. The Bertz CT molecular complexity index is 80.5. The molecular formula is C8H19NOS. The molecule has 1 atom stereocenters. The van der Waals surface area contributed by atoms with Crippen LogP contribution in [-0.2, 0) is 4.74 Å². The highest BCUT2D eigenvalue weighted by Gasteiger charge is 1.96. The first-order valence-corrected chi connectivity index (χ1v) is 5.32. The summed E-state index contributed by atoms with van der Waals surface area (Å²) in [6.45, 7) is 5.26. The van der Waals surface area contributed by atoms with Crippen molar-refractivity contribution in [1.82, 2.24) is 5.32 Å². The summed E-state index contributed by atoms with van der Waals surface area (Å²) in [7, 11) is 1.74. The zero-order chi connectivity index (χ0) is 8.53. The van der Waals surface area contributed by atoms with Gasteiger partial charge < -0.3 is 10.1 Å². The second-order valence-electron chi connectivity index (χ2n) is 2.60. The molecule has 0 radical (unpaired) electrons. The molecule has 0 amide bonds. The molecule has 0 aromatic rings. The Morgan fingerprint density at radius 2 is 2.27 bits per heavy atom. The highest BCUT2D eigenvalue weighted by molar-refractivity contribution is 7.99. The minimum absolute atomic E-state index is 0.720. The van der Waals surface area contributed by atoms with Crippen LogP contribution in [0.3, 0.4) is 0 Å². The van der Waals surface area contributed by atoms with E-state index in [1.165, 1.54) is 0 Å². The van der Waals surface area contributed by atoms with Crippen molar-refractivity contribution in [3.05, 3.63) is 0 Å². The summed E-state index contributed by atoms with van der Waals surface area (Å²) in [4.78, 5) is 0. The van der Waals surface area contributed by atoms with Gasteiger partial charge in [-0.2, -0.15) is 11.8 Å². The van der Waals surface area contributed by atoms with Gasteiger partial charge in [-0.15, -0.1) is 0 Å². The third kappa shape index (κ3) is 8.17. The topological polar surface area (TPSA) is 21.3 Å². The molecule has 11 heavy (non-hydrogen) atoms. The van der Waals surface area contributed by atoms with Crippen molar-refractivity contribution < 1.29 is 4.74 Å². The number of methoxy groups -OCH3 is 1. The molecular weight excluding hydrogens is 158 g/mol. The summed E-state index contributed by atoms with van der Waals surface area (Å²) in [5, 5.41) is 4.09. The van der Waals surface area contributed by atoms with Crippen LogP contribution >= 0.6 is 11.8 Å². The van der Waals surface area contributed by atoms with Gasteiger partial charge >= 0.3 is 0 Å². The molecule has 0 rings (SSSR count). The molecule has 1 unspecified atom stereocenters. The molecule has 68 valence electrons. The number of hydrogen-bond donors (Lipinski definition) is 1. The Balaban J connectivity index is 2.89. The third-order valence-corrected chi connectivity index (χ3v) is 2.51. The first-order valence-electron chi connectivity index (χ1n) is 4.03. The molecule has 0 aliphatic carbocycles. The number of hydrogen-bond acceptors (Lipinski definition) is 3. The van der Waals surface area contributed by atoms with E-state index in [0.29, 0.717) is 0 Å². The van der Waals surface area contributed by atoms with Crippen LogP contribution in [0.4, 0.5) is 0 Å². The van der Waals surface area contributed by atoms with Gasteiger partial charge in [0.2, 0.25) is 0 Å². The van der Waals surface area contributed by atoms with Gasteiger partial charge in [-0.05, 0) is 19.2 Å². The van der Waals surface area contributed by atoms with E-state index in [-0.39, 0.29) is 0 Å². The summed E-state index contributed by atoms with van der Waals surface area (Å²) in [5.41, 5.74) is 0. The number of ether oxygens (including phenoxy) is 1. The van der Waals surface area contributed by atoms with E-state index in [1.807, 2.05) is 11.8 Å². The summed E-state index contributed by atoms with van der Waals surface area (Å²) in [6.07, 6.45) is 3.25. The average Bonchev–Trinajstić information content (AvgIpc) is 2.04. The fourth-order valence-corrected chi connectivity index (χ4v) is 1.01. The largest absolute Gasteiger partial charge is 0.385 e. The Morgan fingerprint density at radius 1 is 1.55 bits per heavy atom. The van der Waals surface area contributed by atoms with E-state index in [9.17, 15) is 0 Å². The second kappa shape index (κ2) is 8.37. The molecule has 0 aliphatic heterocycles. The van der Waals surface area contributed by atoms with Crippen molar-refractivity contribution in [2.24, 2.45) is 0 Å². The molecule has 0 aliphatic rings. The molecule has 0 aromatic heterocycles. The Morgan fingerprint density at radius 3 is 2.82 bits per heavy atom. The van der Waals surface area contributed by atoms with Crippen LogP contribution in [0.1, 0.15) is 13.3 Å². The highest BCUT2D eigenvalue weighted by atomic mass is 32.2. The van der Waals surface area contributed by atoms with Gasteiger partial charge in [0.15, 0.2) is 0 Å². The maximum absolute atomic E-state index is 4.93. The average molecular weight is 177 g/mol. The van der Waals surface area contributed by atoms with E-state index in [1.54, 1.807) is 7.11 Å². The monoisotopic (exact) mass is 177 g/mol. The van der Waals surface area contributed by atoms with E-state index < -0.39 is 0 Å². The van der Waals surface area contributed by atoms with Crippen LogP contribution in [0, 0.1) is 0 Å². The minimum atomic E-state index is 0.720. The van der Waals surface area contributed by atoms with Crippen LogP contribution in [0.2, 0.25) is 0 Å². The van der Waals surface area contributed by atoms with Crippen molar-refractivity contribution >= 4 is 11.8 Å². The van der Waals surface area contributed by atoms with Crippen LogP contribution in [0.25, 0.3) is 0 Å². The van der Waals surface area contributed by atoms with Crippen molar-refractivity contribution in [2.45, 2.75) is 18.6 Å². The van der Waals surface area contributed by atoms with Crippen LogP contribution < -0.4 is 5.32 Å². The minimum Gasteiger partial charge on any atom is -0.385 e. The molecule has 0 fully saturated rings. The first kappa shape index (κ1) is 11.3. The number of rotatable bonds is 7. The molecule has 0 saturated carbocycles. The van der Waals surface area contributed by atoms with Crippen LogP contribution in [0.15, 0.2) is 0 Å². The Hall–Kier alpha value is 0.270. The summed E-state index contributed by atoms with van der Waals surface area (Å²) >= 11 is 1.89. The van der Waals surface area contributed by atoms with Gasteiger partial charge in [-0.3, -0.25) is 0 Å². The predicted molar refractivity (Wildman–Crippen MR) is 52.3 cm³/mol. The fraction of sp³-hybridized carbons (Fsp3) is 1.00. The zero-order valence-electron chi connectivity index (χ0n) is 7.72. The lowest BCUT2D eigenvalue weighted by atomic mass is 10.4. The molecule has 2 nitrogen and oxygen atoms in total. The SMILES string of the molecule is COCCCNCC(C)SC. The standard InChI is InChI=1S/C8H19NOS/c1-8(11-3)7-9-5-4-6-10-2/h8-9H,4-7H2,1-3H3. The summed E-state index contributed by atoms with van der Waals surface area (Å²) in [5.74, 6) is 0. The molecule has 0 aromatic carbocycles. The second-order valence-corrected chi connectivity index (χ2v) is 3.87. The lowest BCUT2D eigenvalue weighted by Gasteiger charge is -2.08. The van der Waals surface area contributed by atoms with Gasteiger partial charge in [0.25, 0.3) is 0 Å². The Labute approximate surface area is 74.1 Å². The molecule has 0 saturated heterocycles. The van der Waals surface area contributed by atoms with Crippen molar-refractivity contribution in [3.63, 3.8) is 0 Å². The van der Waals surface area contributed by atoms with Gasteiger partial charge in [-0.25, -0.2) is 0 Å². The van der Waals surface area contributed by atoms with Crippen molar-refractivity contribution in [3.8, 4) is 0 Å². The first-order chi connectivity index (χ1) is 5.31. The van der Waals surface area contributed by atoms with Crippen LogP contribution in [-0.4, -0.2) is 38.3 Å². The summed E-state index contributed by atoms with van der Waals surface area (Å²) < 4.78 is 4.93. The maximum Gasteiger partial charge on any atom is 0.0474 e. The third-order valence-electron chi connectivity index (χ3n) is 1.54. The molecule has 3 heteroatoms. The van der Waals surface area contributed by atoms with E-state index in [0.717, 1.165) is 31.4 Å². The molecule has 1 N–H and O–H groups in total. The smallest absolute Gasteiger partial charge is 0.0474 e. The van der Waals surface area contributed by atoms with Gasteiger partial charge in [-0.1, -0.05) is 6.92 Å².